The number of anilines is 1. The molecule has 0 saturated heterocycles. The highest BCUT2D eigenvalue weighted by molar-refractivity contribution is 6.35. The number of fused-ring (bicyclic) bond motifs is 1. The lowest BCUT2D eigenvalue weighted by atomic mass is 10.1. The van der Waals surface area contributed by atoms with Gasteiger partial charge in [0.05, 0.1) is 30.0 Å². The van der Waals surface area contributed by atoms with Crippen LogP contribution in [0.4, 0.5) is 20.2 Å². The van der Waals surface area contributed by atoms with Gasteiger partial charge in [-0.2, -0.15) is 0 Å². The monoisotopic (exact) mass is 640 g/mol. The van der Waals surface area contributed by atoms with Gasteiger partial charge in [-0.15, -0.1) is 0 Å². The third-order valence-corrected chi connectivity index (χ3v) is 7.53. The molecule has 4 amide bonds. The molecule has 0 spiro atoms. The molecule has 2 aromatic heterocycles. The number of amides is 4. The summed E-state index contributed by atoms with van der Waals surface area (Å²) < 4.78 is 14.4. The van der Waals surface area contributed by atoms with E-state index in [2.05, 4.69) is 0 Å². The van der Waals surface area contributed by atoms with Crippen LogP contribution in [0.5, 0.6) is 0 Å². The molecule has 45 heavy (non-hydrogen) atoms. The topological polar surface area (TPSA) is 119 Å². The largest absolute Gasteiger partial charge is 0.444 e. The van der Waals surface area contributed by atoms with Gasteiger partial charge < -0.3 is 18.9 Å². The fourth-order valence-corrected chi connectivity index (χ4v) is 5.28. The van der Waals surface area contributed by atoms with Gasteiger partial charge in [0.25, 0.3) is 0 Å². The van der Waals surface area contributed by atoms with Gasteiger partial charge in [-0.05, 0) is 73.1 Å². The maximum absolute atomic E-state index is 13.7. The van der Waals surface area contributed by atoms with E-state index in [1.54, 1.807) is 49.9 Å². The Balaban J connectivity index is 1.61. The lowest BCUT2D eigenvalue weighted by Crippen LogP contribution is -2.41. The van der Waals surface area contributed by atoms with Crippen LogP contribution in [0.2, 0.25) is 5.02 Å². The predicted octanol–water partition coefficient (Wildman–Crippen LogP) is 6.36. The fraction of sp³-hybridized carbons (Fsp3) is 0.469. The van der Waals surface area contributed by atoms with Crippen molar-refractivity contribution in [3.05, 3.63) is 52.6 Å². The number of imidazole rings is 1. The number of ether oxygens (including phenoxy) is 2. The van der Waals surface area contributed by atoms with Gasteiger partial charge in [0.2, 0.25) is 6.41 Å². The van der Waals surface area contributed by atoms with Crippen LogP contribution in [-0.4, -0.2) is 79.9 Å². The minimum absolute atomic E-state index is 0.230. The third kappa shape index (κ3) is 7.33. The first kappa shape index (κ1) is 33.6. The number of carbonyl (C=O) groups excluding carboxylic acids is 4. The summed E-state index contributed by atoms with van der Waals surface area (Å²) in [6.45, 7) is 13.1. The molecule has 4 rings (SSSR count). The van der Waals surface area contributed by atoms with E-state index >= 15 is 0 Å². The summed E-state index contributed by atoms with van der Waals surface area (Å²) in [4.78, 5) is 60.7. The molecule has 0 fully saturated rings. The SMILES string of the molecule is Cc1c(N(C)C(=O)N(C=O)Cc2cc3c(Cl)cccc3n2C(=O)OC(C)(C)C)nc(C2=CCCN(C(=O)OC(C)(C)C)C2)n1C. The molecule has 3 heterocycles. The van der Waals surface area contributed by atoms with Crippen LogP contribution >= 0.6 is 11.6 Å². The standard InChI is InChI=1S/C32H41ClN6O6/c1-20-26(34-27(35(20)8)21-12-11-15-37(17-21)29(42)44-31(2,3)4)36(9)28(41)38(19-40)18-22-16-23-24(33)13-10-14-25(23)39(22)30(43)45-32(5,6)7/h10,12-14,16,19H,11,15,17-18H2,1-9H3. The van der Waals surface area contributed by atoms with E-state index in [0.29, 0.717) is 64.9 Å². The molecule has 1 aliphatic rings. The normalized spacial score (nSPS) is 13.8. The molecule has 242 valence electrons. The Morgan fingerprint density at radius 3 is 2.33 bits per heavy atom. The van der Waals surface area contributed by atoms with Crippen molar-refractivity contribution in [1.29, 1.82) is 0 Å². The second-order valence-electron chi connectivity index (χ2n) is 13.0. The number of benzene rings is 1. The minimum atomic E-state index is -0.782. The van der Waals surface area contributed by atoms with E-state index in [1.807, 2.05) is 45.4 Å². The summed E-state index contributed by atoms with van der Waals surface area (Å²) in [7, 11) is 3.35. The summed E-state index contributed by atoms with van der Waals surface area (Å²) in [6.07, 6.45) is 2.00. The smallest absolute Gasteiger partial charge is 0.419 e. The van der Waals surface area contributed by atoms with Gasteiger partial charge in [-0.3, -0.25) is 14.6 Å². The molecule has 0 bridgehead atoms. The average molecular weight is 641 g/mol. The molecule has 0 N–H and O–H groups in total. The highest BCUT2D eigenvalue weighted by Crippen LogP contribution is 2.30. The molecular weight excluding hydrogens is 600 g/mol. The van der Waals surface area contributed by atoms with E-state index < -0.39 is 29.4 Å². The Morgan fingerprint density at radius 1 is 1.07 bits per heavy atom. The third-order valence-electron chi connectivity index (χ3n) is 7.20. The van der Waals surface area contributed by atoms with E-state index in [-0.39, 0.29) is 6.54 Å². The zero-order chi connectivity index (χ0) is 33.4. The van der Waals surface area contributed by atoms with Gasteiger partial charge in [0.15, 0.2) is 5.82 Å². The molecule has 1 aliphatic heterocycles. The average Bonchev–Trinajstić information content (AvgIpc) is 3.47. The molecule has 13 heteroatoms. The Morgan fingerprint density at radius 2 is 1.71 bits per heavy atom. The lowest BCUT2D eigenvalue weighted by molar-refractivity contribution is -0.116. The van der Waals surface area contributed by atoms with Gasteiger partial charge in [0, 0.05) is 36.6 Å². The van der Waals surface area contributed by atoms with Crippen molar-refractivity contribution in [2.24, 2.45) is 7.05 Å². The summed E-state index contributed by atoms with van der Waals surface area (Å²) in [5.41, 5.74) is 0.925. The van der Waals surface area contributed by atoms with Gasteiger partial charge in [-0.1, -0.05) is 23.7 Å². The molecule has 1 aromatic carbocycles. The molecular formula is C32H41ClN6O6. The second kappa shape index (κ2) is 12.6. The summed E-state index contributed by atoms with van der Waals surface area (Å²) >= 11 is 6.43. The van der Waals surface area contributed by atoms with E-state index in [1.165, 1.54) is 16.5 Å². The molecule has 0 radical (unpaired) electrons. The minimum Gasteiger partial charge on any atom is -0.444 e. The molecule has 0 unspecified atom stereocenters. The number of carbonyl (C=O) groups is 4. The Labute approximate surface area is 268 Å². The first-order valence-corrected chi connectivity index (χ1v) is 15.0. The summed E-state index contributed by atoms with van der Waals surface area (Å²) in [5.74, 6) is 0.933. The number of rotatable bonds is 5. The van der Waals surface area contributed by atoms with Crippen LogP contribution in [-0.2, 0) is 27.9 Å². The van der Waals surface area contributed by atoms with Crippen LogP contribution in [0, 0.1) is 6.92 Å². The Bertz CT molecular complexity index is 1680. The van der Waals surface area contributed by atoms with Crippen LogP contribution in [0.3, 0.4) is 0 Å². The summed E-state index contributed by atoms with van der Waals surface area (Å²) in [5, 5.41) is 0.995. The van der Waals surface area contributed by atoms with Crippen LogP contribution in [0.25, 0.3) is 16.5 Å². The molecule has 0 atom stereocenters. The number of halogens is 1. The van der Waals surface area contributed by atoms with Crippen molar-refractivity contribution >= 4 is 58.5 Å². The molecule has 3 aromatic rings. The quantitative estimate of drug-likeness (QED) is 0.298. The highest BCUT2D eigenvalue weighted by atomic mass is 35.5. The van der Waals surface area contributed by atoms with Crippen molar-refractivity contribution in [3.63, 3.8) is 0 Å². The van der Waals surface area contributed by atoms with Gasteiger partial charge in [0.1, 0.15) is 17.0 Å². The lowest BCUT2D eigenvalue weighted by Gasteiger charge is -2.30. The number of aromatic nitrogens is 3. The van der Waals surface area contributed by atoms with Crippen molar-refractivity contribution < 1.29 is 28.7 Å². The highest BCUT2D eigenvalue weighted by Gasteiger charge is 2.30. The first-order valence-electron chi connectivity index (χ1n) is 14.6. The summed E-state index contributed by atoms with van der Waals surface area (Å²) in [6, 6.07) is 6.14. The predicted molar refractivity (Wildman–Crippen MR) is 172 cm³/mol. The maximum atomic E-state index is 13.7. The molecule has 0 saturated carbocycles. The number of hydrogen-bond donors (Lipinski definition) is 0. The Hall–Kier alpha value is -4.32. The van der Waals surface area contributed by atoms with Crippen molar-refractivity contribution in [2.75, 3.05) is 25.0 Å². The van der Waals surface area contributed by atoms with E-state index in [4.69, 9.17) is 26.1 Å². The van der Waals surface area contributed by atoms with Crippen molar-refractivity contribution in [3.8, 4) is 0 Å². The van der Waals surface area contributed by atoms with Crippen molar-refractivity contribution in [2.45, 2.75) is 72.6 Å². The maximum Gasteiger partial charge on any atom is 0.419 e. The fourth-order valence-electron chi connectivity index (χ4n) is 5.05. The molecule has 0 aliphatic carbocycles. The number of imide groups is 1. The zero-order valence-corrected chi connectivity index (χ0v) is 28.1. The number of urea groups is 1. The first-order chi connectivity index (χ1) is 20.9. The Kier molecular flexibility index (Phi) is 9.39. The van der Waals surface area contributed by atoms with Crippen LogP contribution in [0.15, 0.2) is 30.3 Å². The number of hydrogen-bond acceptors (Lipinski definition) is 7. The van der Waals surface area contributed by atoms with E-state index in [0.717, 1.165) is 10.5 Å². The zero-order valence-electron chi connectivity index (χ0n) is 27.3. The molecule has 12 nitrogen and oxygen atoms in total. The van der Waals surface area contributed by atoms with Crippen LogP contribution < -0.4 is 4.90 Å². The van der Waals surface area contributed by atoms with Gasteiger partial charge >= 0.3 is 18.2 Å². The van der Waals surface area contributed by atoms with E-state index in [9.17, 15) is 19.2 Å². The van der Waals surface area contributed by atoms with Gasteiger partial charge in [-0.25, -0.2) is 23.9 Å². The number of nitrogens with zero attached hydrogens (tertiary/aromatic N) is 6. The van der Waals surface area contributed by atoms with Crippen molar-refractivity contribution in [1.82, 2.24) is 23.9 Å². The van der Waals surface area contributed by atoms with Crippen LogP contribution in [0.1, 0.15) is 65.2 Å². The second-order valence-corrected chi connectivity index (χ2v) is 13.4.